The lowest BCUT2D eigenvalue weighted by molar-refractivity contribution is 0.342. The summed E-state index contributed by atoms with van der Waals surface area (Å²) in [6, 6.07) is 10.7. The van der Waals surface area contributed by atoms with Gasteiger partial charge in [-0.15, -0.1) is 0 Å². The molecule has 1 rings (SSSR count). The number of benzene rings is 1. The summed E-state index contributed by atoms with van der Waals surface area (Å²) in [6.07, 6.45) is 11.3. The second-order valence-corrected chi connectivity index (χ2v) is 4.09. The van der Waals surface area contributed by atoms with Crippen LogP contribution in [0.4, 0.5) is 0 Å². The molecule has 1 aromatic carbocycles. The third-order valence-electron chi connectivity index (χ3n) is 2.70. The first-order valence-electron chi connectivity index (χ1n) is 6.23. The molecule has 1 heteroatoms. The third kappa shape index (κ3) is 6.41. The highest BCUT2D eigenvalue weighted by Gasteiger charge is 1.92. The van der Waals surface area contributed by atoms with E-state index in [0.29, 0.717) is 0 Å². The van der Waals surface area contributed by atoms with Crippen molar-refractivity contribution in [3.05, 3.63) is 48.0 Å². The molecule has 0 aliphatic rings. The Hall–Kier alpha value is -1.08. The van der Waals surface area contributed by atoms with Crippen molar-refractivity contribution in [1.82, 2.24) is 0 Å². The molecule has 0 amide bonds. The van der Waals surface area contributed by atoms with Crippen LogP contribution in [-0.4, -0.2) is 11.7 Å². The van der Waals surface area contributed by atoms with Crippen molar-refractivity contribution < 1.29 is 5.11 Å². The summed E-state index contributed by atoms with van der Waals surface area (Å²) in [5.41, 5.74) is 1.45. The monoisotopic (exact) mass is 218 g/mol. The van der Waals surface area contributed by atoms with Gasteiger partial charge in [0.1, 0.15) is 0 Å². The summed E-state index contributed by atoms with van der Waals surface area (Å²) in [5.74, 6) is 0. The van der Waals surface area contributed by atoms with Gasteiger partial charge in [0.15, 0.2) is 0 Å². The maximum absolute atomic E-state index is 8.55. The van der Waals surface area contributed by atoms with Crippen LogP contribution >= 0.6 is 0 Å². The fourth-order valence-corrected chi connectivity index (χ4v) is 1.78. The number of hydrogen-bond donors (Lipinski definition) is 1. The van der Waals surface area contributed by atoms with Crippen LogP contribution in [0.15, 0.2) is 42.5 Å². The molecule has 0 bridgehead atoms. The van der Waals surface area contributed by atoms with E-state index in [9.17, 15) is 0 Å². The molecule has 1 aromatic rings. The Morgan fingerprint density at radius 2 is 1.62 bits per heavy atom. The smallest absolute Gasteiger partial charge is 0.0612 e. The first-order chi connectivity index (χ1) is 7.93. The molecule has 88 valence electrons. The second kappa shape index (κ2) is 9.17. The maximum atomic E-state index is 8.55. The van der Waals surface area contributed by atoms with Gasteiger partial charge in [-0.3, -0.25) is 0 Å². The van der Waals surface area contributed by atoms with Crippen LogP contribution in [0.3, 0.4) is 0 Å². The molecule has 0 heterocycles. The molecule has 1 nitrogen and oxygen atoms in total. The molecular weight excluding hydrogens is 196 g/mol. The van der Waals surface area contributed by atoms with E-state index in [-0.39, 0.29) is 6.61 Å². The van der Waals surface area contributed by atoms with E-state index in [1.54, 1.807) is 0 Å². The Labute approximate surface area is 98.8 Å². The predicted molar refractivity (Wildman–Crippen MR) is 69.5 cm³/mol. The summed E-state index contributed by atoms with van der Waals surface area (Å²) in [7, 11) is 0. The van der Waals surface area contributed by atoms with E-state index < -0.39 is 0 Å². The Balaban J connectivity index is 1.94. The van der Waals surface area contributed by atoms with Crippen LogP contribution in [0, 0.1) is 0 Å². The summed E-state index contributed by atoms with van der Waals surface area (Å²) in [6.45, 7) is 0.175. The van der Waals surface area contributed by atoms with E-state index in [4.69, 9.17) is 5.11 Å². The lowest BCUT2D eigenvalue weighted by atomic mass is 10.1. The number of rotatable bonds is 8. The Morgan fingerprint density at radius 1 is 0.875 bits per heavy atom. The van der Waals surface area contributed by atoms with Crippen LogP contribution < -0.4 is 0 Å². The van der Waals surface area contributed by atoms with Gasteiger partial charge in [-0.05, 0) is 31.2 Å². The van der Waals surface area contributed by atoms with Gasteiger partial charge in [0.25, 0.3) is 0 Å². The van der Waals surface area contributed by atoms with Crippen molar-refractivity contribution in [2.45, 2.75) is 38.5 Å². The minimum absolute atomic E-state index is 0.175. The van der Waals surface area contributed by atoms with Gasteiger partial charge in [0.05, 0.1) is 6.61 Å². The quantitative estimate of drug-likeness (QED) is 0.520. The van der Waals surface area contributed by atoms with Crippen molar-refractivity contribution in [2.75, 3.05) is 6.61 Å². The van der Waals surface area contributed by atoms with E-state index >= 15 is 0 Å². The lowest BCUT2D eigenvalue weighted by Crippen LogP contribution is -1.85. The normalized spacial score (nSPS) is 11.1. The van der Waals surface area contributed by atoms with E-state index in [1.165, 1.54) is 37.7 Å². The highest BCUT2D eigenvalue weighted by Crippen LogP contribution is 2.08. The van der Waals surface area contributed by atoms with Gasteiger partial charge >= 0.3 is 0 Å². The van der Waals surface area contributed by atoms with Gasteiger partial charge in [0, 0.05) is 0 Å². The molecule has 0 unspecified atom stereocenters. The first kappa shape index (κ1) is 13.0. The average molecular weight is 218 g/mol. The lowest BCUT2D eigenvalue weighted by Gasteiger charge is -2.00. The zero-order chi connectivity index (χ0) is 11.5. The molecule has 0 saturated carbocycles. The summed E-state index contributed by atoms with van der Waals surface area (Å²) in [5, 5.41) is 8.55. The summed E-state index contributed by atoms with van der Waals surface area (Å²) >= 11 is 0. The van der Waals surface area contributed by atoms with Gasteiger partial charge in [0.2, 0.25) is 0 Å². The summed E-state index contributed by atoms with van der Waals surface area (Å²) in [4.78, 5) is 0. The molecule has 0 fully saturated rings. The molecule has 0 aliphatic heterocycles. The molecular formula is C15H22O. The fraction of sp³-hybridized carbons (Fsp3) is 0.467. The van der Waals surface area contributed by atoms with Gasteiger partial charge < -0.3 is 5.11 Å². The number of aliphatic hydroxyl groups is 1. The molecule has 0 aliphatic carbocycles. The van der Waals surface area contributed by atoms with Crippen molar-refractivity contribution in [2.24, 2.45) is 0 Å². The predicted octanol–water partition coefficient (Wildman–Crippen LogP) is 3.73. The highest BCUT2D eigenvalue weighted by atomic mass is 16.2. The van der Waals surface area contributed by atoms with Gasteiger partial charge in [-0.2, -0.15) is 0 Å². The van der Waals surface area contributed by atoms with Crippen molar-refractivity contribution in [3.63, 3.8) is 0 Å². The van der Waals surface area contributed by atoms with Gasteiger partial charge in [-0.1, -0.05) is 55.3 Å². The van der Waals surface area contributed by atoms with E-state index in [1.807, 2.05) is 6.08 Å². The summed E-state index contributed by atoms with van der Waals surface area (Å²) < 4.78 is 0. The topological polar surface area (TPSA) is 20.2 Å². The minimum atomic E-state index is 0.175. The third-order valence-corrected chi connectivity index (χ3v) is 2.70. The van der Waals surface area contributed by atoms with E-state index in [0.717, 1.165) is 6.42 Å². The maximum Gasteiger partial charge on any atom is 0.0612 e. The second-order valence-electron chi connectivity index (χ2n) is 4.09. The number of hydrogen-bond acceptors (Lipinski definition) is 1. The van der Waals surface area contributed by atoms with Crippen molar-refractivity contribution in [3.8, 4) is 0 Å². The van der Waals surface area contributed by atoms with Crippen LogP contribution in [0.25, 0.3) is 0 Å². The zero-order valence-corrected chi connectivity index (χ0v) is 9.94. The molecule has 0 radical (unpaired) electrons. The van der Waals surface area contributed by atoms with Gasteiger partial charge in [-0.25, -0.2) is 0 Å². The Morgan fingerprint density at radius 3 is 2.38 bits per heavy atom. The molecule has 16 heavy (non-hydrogen) atoms. The number of unbranched alkanes of at least 4 members (excludes halogenated alkanes) is 4. The molecule has 0 aromatic heterocycles. The average Bonchev–Trinajstić information content (AvgIpc) is 2.34. The Kier molecular flexibility index (Phi) is 7.44. The van der Waals surface area contributed by atoms with E-state index in [2.05, 4.69) is 36.4 Å². The fourth-order valence-electron chi connectivity index (χ4n) is 1.78. The standard InChI is InChI=1S/C15H22O/c16-14-10-5-3-1-2-4-7-11-15-12-8-6-9-13-15/h5-6,8-10,12-13,16H,1-4,7,11,14H2. The van der Waals surface area contributed by atoms with Crippen LogP contribution in [0.2, 0.25) is 0 Å². The van der Waals surface area contributed by atoms with Crippen LogP contribution in [0.5, 0.6) is 0 Å². The minimum Gasteiger partial charge on any atom is -0.392 e. The first-order valence-corrected chi connectivity index (χ1v) is 6.23. The highest BCUT2D eigenvalue weighted by molar-refractivity contribution is 5.14. The van der Waals surface area contributed by atoms with Crippen LogP contribution in [-0.2, 0) is 6.42 Å². The Bertz CT molecular complexity index is 277. The number of aryl methyl sites for hydroxylation is 1. The SMILES string of the molecule is OCC=CCCCCCCc1ccccc1. The molecule has 0 atom stereocenters. The molecule has 0 spiro atoms. The van der Waals surface area contributed by atoms with Crippen molar-refractivity contribution >= 4 is 0 Å². The number of allylic oxidation sites excluding steroid dienone is 1. The molecule has 1 N–H and O–H groups in total. The largest absolute Gasteiger partial charge is 0.392 e. The number of aliphatic hydroxyl groups excluding tert-OH is 1. The molecule has 0 saturated heterocycles. The van der Waals surface area contributed by atoms with Crippen LogP contribution in [0.1, 0.15) is 37.7 Å². The van der Waals surface area contributed by atoms with Crippen molar-refractivity contribution in [1.29, 1.82) is 0 Å². The zero-order valence-electron chi connectivity index (χ0n) is 9.94.